The van der Waals surface area contributed by atoms with Crippen molar-refractivity contribution in [2.75, 3.05) is 13.2 Å². The van der Waals surface area contributed by atoms with E-state index in [0.717, 1.165) is 15.8 Å². The molecule has 2 aromatic rings. The summed E-state index contributed by atoms with van der Waals surface area (Å²) < 4.78 is 6.14. The predicted molar refractivity (Wildman–Crippen MR) is 99.8 cm³/mol. The fourth-order valence-corrected chi connectivity index (χ4v) is 2.33. The lowest BCUT2D eigenvalue weighted by Crippen LogP contribution is -2.34. The van der Waals surface area contributed by atoms with E-state index in [4.69, 9.17) is 4.74 Å². The fourth-order valence-electron chi connectivity index (χ4n) is 1.93. The van der Waals surface area contributed by atoms with Crippen molar-refractivity contribution in [2.45, 2.75) is 6.92 Å². The zero-order valence-electron chi connectivity index (χ0n) is 13.7. The highest BCUT2D eigenvalue weighted by Crippen LogP contribution is 2.11. The van der Waals surface area contributed by atoms with Gasteiger partial charge in [-0.2, -0.15) is 5.10 Å². The number of carbonyl (C=O) groups excluding carboxylic acids is 2. The van der Waals surface area contributed by atoms with Crippen molar-refractivity contribution in [1.29, 1.82) is 0 Å². The lowest BCUT2D eigenvalue weighted by atomic mass is 10.2. The van der Waals surface area contributed by atoms with Crippen LogP contribution >= 0.6 is 15.9 Å². The van der Waals surface area contributed by atoms with Gasteiger partial charge in [-0.15, -0.1) is 0 Å². The zero-order chi connectivity index (χ0) is 18.1. The van der Waals surface area contributed by atoms with Gasteiger partial charge in [0.05, 0.1) is 19.4 Å². The third-order valence-corrected chi connectivity index (χ3v) is 3.58. The van der Waals surface area contributed by atoms with Crippen LogP contribution in [-0.2, 0) is 4.79 Å². The molecule has 0 aliphatic rings. The van der Waals surface area contributed by atoms with Gasteiger partial charge in [-0.3, -0.25) is 9.59 Å². The van der Waals surface area contributed by atoms with Crippen molar-refractivity contribution in [1.82, 2.24) is 10.7 Å². The van der Waals surface area contributed by atoms with E-state index in [1.807, 2.05) is 37.3 Å². The lowest BCUT2D eigenvalue weighted by molar-refractivity contribution is -0.120. The van der Waals surface area contributed by atoms with E-state index in [1.54, 1.807) is 18.2 Å². The molecule has 0 bridgehead atoms. The minimum Gasteiger partial charge on any atom is -0.494 e. The van der Waals surface area contributed by atoms with Crippen LogP contribution in [0.4, 0.5) is 0 Å². The van der Waals surface area contributed by atoms with Gasteiger partial charge >= 0.3 is 0 Å². The molecule has 2 aromatic carbocycles. The van der Waals surface area contributed by atoms with Gasteiger partial charge in [0.15, 0.2) is 0 Å². The molecule has 6 nitrogen and oxygen atoms in total. The molecule has 0 saturated carbocycles. The maximum absolute atomic E-state index is 11.9. The SMILES string of the molecule is CCOc1ccc(/C=N\NC(=O)CNC(=O)c2cccc(Br)c2)cc1. The first-order valence-electron chi connectivity index (χ1n) is 7.67. The average Bonchev–Trinajstić information content (AvgIpc) is 2.61. The number of hydrazone groups is 1. The van der Waals surface area contributed by atoms with Crippen LogP contribution < -0.4 is 15.5 Å². The zero-order valence-corrected chi connectivity index (χ0v) is 15.2. The molecular weight excluding hydrogens is 386 g/mol. The van der Waals surface area contributed by atoms with Crippen LogP contribution in [0.3, 0.4) is 0 Å². The predicted octanol–water partition coefficient (Wildman–Crippen LogP) is 2.73. The molecule has 0 saturated heterocycles. The Morgan fingerprint density at radius 2 is 1.96 bits per heavy atom. The van der Waals surface area contributed by atoms with Gasteiger partial charge in [0.25, 0.3) is 11.8 Å². The molecule has 25 heavy (non-hydrogen) atoms. The molecule has 0 aliphatic heterocycles. The first kappa shape index (κ1) is 18.7. The Labute approximate surface area is 154 Å². The summed E-state index contributed by atoms with van der Waals surface area (Å²) in [5.74, 6) is 0.0384. The molecule has 0 atom stereocenters. The summed E-state index contributed by atoms with van der Waals surface area (Å²) in [4.78, 5) is 23.6. The van der Waals surface area contributed by atoms with Crippen molar-refractivity contribution < 1.29 is 14.3 Å². The second kappa shape index (κ2) is 9.58. The van der Waals surface area contributed by atoms with Crippen LogP contribution in [0.15, 0.2) is 58.1 Å². The maximum atomic E-state index is 11.9. The average molecular weight is 404 g/mol. The van der Waals surface area contributed by atoms with E-state index in [9.17, 15) is 9.59 Å². The molecule has 0 aliphatic carbocycles. The summed E-state index contributed by atoms with van der Waals surface area (Å²) in [6.07, 6.45) is 1.52. The third-order valence-electron chi connectivity index (χ3n) is 3.09. The Morgan fingerprint density at radius 3 is 2.64 bits per heavy atom. The number of amides is 2. The largest absolute Gasteiger partial charge is 0.494 e. The molecule has 0 aromatic heterocycles. The first-order chi connectivity index (χ1) is 12.1. The molecular formula is C18H18BrN3O3. The molecule has 130 valence electrons. The van der Waals surface area contributed by atoms with Gasteiger partial charge in [0.1, 0.15) is 5.75 Å². The van der Waals surface area contributed by atoms with Gasteiger partial charge in [0, 0.05) is 10.0 Å². The van der Waals surface area contributed by atoms with Crippen molar-refractivity contribution in [3.05, 3.63) is 64.1 Å². The summed E-state index contributed by atoms with van der Waals surface area (Å²) in [5.41, 5.74) is 3.66. The van der Waals surface area contributed by atoms with E-state index < -0.39 is 5.91 Å². The molecule has 0 spiro atoms. The fraction of sp³-hybridized carbons (Fsp3) is 0.167. The van der Waals surface area contributed by atoms with Crippen molar-refractivity contribution in [2.24, 2.45) is 5.10 Å². The van der Waals surface area contributed by atoms with E-state index in [-0.39, 0.29) is 12.5 Å². The van der Waals surface area contributed by atoms with Crippen LogP contribution in [0, 0.1) is 0 Å². The van der Waals surface area contributed by atoms with E-state index >= 15 is 0 Å². The van der Waals surface area contributed by atoms with Gasteiger partial charge in [-0.1, -0.05) is 22.0 Å². The smallest absolute Gasteiger partial charge is 0.259 e. The van der Waals surface area contributed by atoms with Crippen molar-refractivity contribution in [3.8, 4) is 5.75 Å². The number of hydrogen-bond donors (Lipinski definition) is 2. The molecule has 0 fully saturated rings. The minimum atomic E-state index is -0.412. The topological polar surface area (TPSA) is 79.8 Å². The molecule has 0 heterocycles. The standard InChI is InChI=1S/C18H18BrN3O3/c1-2-25-16-8-6-13(7-9-16)11-21-22-17(23)12-20-18(24)14-4-3-5-15(19)10-14/h3-11H,2,12H2,1H3,(H,20,24)(H,22,23)/b21-11-. The van der Waals surface area contributed by atoms with Crippen LogP contribution in [-0.4, -0.2) is 31.2 Å². The highest BCUT2D eigenvalue weighted by atomic mass is 79.9. The summed E-state index contributed by atoms with van der Waals surface area (Å²) in [6.45, 7) is 2.36. The lowest BCUT2D eigenvalue weighted by Gasteiger charge is -2.05. The number of carbonyl (C=O) groups is 2. The maximum Gasteiger partial charge on any atom is 0.259 e. The van der Waals surface area contributed by atoms with Gasteiger partial charge < -0.3 is 10.1 Å². The Morgan fingerprint density at radius 1 is 1.20 bits per heavy atom. The number of halogens is 1. The number of nitrogens with zero attached hydrogens (tertiary/aromatic N) is 1. The molecule has 0 unspecified atom stereocenters. The second-order valence-corrected chi connectivity index (χ2v) is 5.90. The second-order valence-electron chi connectivity index (χ2n) is 4.99. The summed E-state index contributed by atoms with van der Waals surface area (Å²) in [6, 6.07) is 14.2. The number of nitrogens with one attached hydrogen (secondary N) is 2. The highest BCUT2D eigenvalue weighted by molar-refractivity contribution is 9.10. The quantitative estimate of drug-likeness (QED) is 0.550. The third kappa shape index (κ3) is 6.39. The van der Waals surface area contributed by atoms with Gasteiger partial charge in [-0.05, 0) is 55.0 Å². The summed E-state index contributed by atoms with van der Waals surface area (Å²) >= 11 is 3.29. The number of benzene rings is 2. The number of ether oxygens (including phenoxy) is 1. The number of rotatable bonds is 7. The molecule has 2 amide bonds. The highest BCUT2D eigenvalue weighted by Gasteiger charge is 2.07. The monoisotopic (exact) mass is 403 g/mol. The Bertz CT molecular complexity index is 760. The molecule has 7 heteroatoms. The normalized spacial score (nSPS) is 10.5. The number of hydrogen-bond acceptors (Lipinski definition) is 4. The summed E-state index contributed by atoms with van der Waals surface area (Å²) in [7, 11) is 0. The molecule has 2 rings (SSSR count). The van der Waals surface area contributed by atoms with Gasteiger partial charge in [-0.25, -0.2) is 5.43 Å². The van der Waals surface area contributed by atoms with E-state index in [0.29, 0.717) is 12.2 Å². The Balaban J connectivity index is 1.77. The van der Waals surface area contributed by atoms with Crippen molar-refractivity contribution >= 4 is 34.0 Å². The summed E-state index contributed by atoms with van der Waals surface area (Å²) in [5, 5.41) is 6.39. The van der Waals surface area contributed by atoms with E-state index in [1.165, 1.54) is 6.21 Å². The van der Waals surface area contributed by atoms with Crippen LogP contribution in [0.25, 0.3) is 0 Å². The Kier molecular flexibility index (Phi) is 7.16. The van der Waals surface area contributed by atoms with Gasteiger partial charge in [0.2, 0.25) is 0 Å². The molecule has 0 radical (unpaired) electrons. The van der Waals surface area contributed by atoms with Crippen LogP contribution in [0.1, 0.15) is 22.8 Å². The van der Waals surface area contributed by atoms with Crippen LogP contribution in [0.2, 0.25) is 0 Å². The first-order valence-corrected chi connectivity index (χ1v) is 8.46. The molecule has 2 N–H and O–H groups in total. The minimum absolute atomic E-state index is 0.161. The van der Waals surface area contributed by atoms with E-state index in [2.05, 4.69) is 31.8 Å². The van der Waals surface area contributed by atoms with Crippen LogP contribution in [0.5, 0.6) is 5.75 Å². The van der Waals surface area contributed by atoms with Crippen molar-refractivity contribution in [3.63, 3.8) is 0 Å². The Hall–Kier alpha value is -2.67.